The molecule has 106 valence electrons. The first-order valence-corrected chi connectivity index (χ1v) is 7.08. The van der Waals surface area contributed by atoms with Crippen LogP contribution in [-0.2, 0) is 22.5 Å². The number of aromatic nitrogens is 2. The molecule has 0 fully saturated rings. The number of carbonyl (C=O) groups is 1. The SMILES string of the molecule is COC(=O)c1ccc(COCCc2scnc2C)nc1. The number of hydrogen-bond acceptors (Lipinski definition) is 6. The number of pyridine rings is 1. The van der Waals surface area contributed by atoms with E-state index in [4.69, 9.17) is 4.74 Å². The molecule has 6 heteroatoms. The molecule has 0 bridgehead atoms. The van der Waals surface area contributed by atoms with E-state index in [2.05, 4.69) is 14.7 Å². The lowest BCUT2D eigenvalue weighted by atomic mass is 10.2. The number of aryl methyl sites for hydroxylation is 1. The number of rotatable bonds is 6. The van der Waals surface area contributed by atoms with Gasteiger partial charge in [-0.2, -0.15) is 0 Å². The van der Waals surface area contributed by atoms with Gasteiger partial charge < -0.3 is 9.47 Å². The van der Waals surface area contributed by atoms with Crippen LogP contribution in [0.15, 0.2) is 23.8 Å². The summed E-state index contributed by atoms with van der Waals surface area (Å²) in [5, 5.41) is 0. The highest BCUT2D eigenvalue weighted by atomic mass is 32.1. The molecule has 2 aromatic rings. The summed E-state index contributed by atoms with van der Waals surface area (Å²) in [5.74, 6) is -0.384. The molecule has 2 rings (SSSR count). The van der Waals surface area contributed by atoms with Crippen molar-refractivity contribution in [3.63, 3.8) is 0 Å². The van der Waals surface area contributed by atoms with E-state index < -0.39 is 0 Å². The van der Waals surface area contributed by atoms with E-state index in [0.29, 0.717) is 18.8 Å². The Labute approximate surface area is 121 Å². The monoisotopic (exact) mass is 292 g/mol. The number of nitrogens with zero attached hydrogens (tertiary/aromatic N) is 2. The van der Waals surface area contributed by atoms with Crippen LogP contribution in [0.2, 0.25) is 0 Å². The molecule has 0 aliphatic rings. The van der Waals surface area contributed by atoms with E-state index in [9.17, 15) is 4.79 Å². The maximum atomic E-state index is 11.3. The highest BCUT2D eigenvalue weighted by molar-refractivity contribution is 7.09. The molecule has 0 N–H and O–H groups in total. The standard InChI is InChI=1S/C14H16N2O3S/c1-10-13(20-9-16-10)5-6-19-8-12-4-3-11(7-15-12)14(17)18-2/h3-4,7,9H,5-6,8H2,1-2H3. The molecule has 0 aliphatic heterocycles. The van der Waals surface area contributed by atoms with Gasteiger partial charge in [0, 0.05) is 17.5 Å². The predicted molar refractivity (Wildman–Crippen MR) is 75.8 cm³/mol. The van der Waals surface area contributed by atoms with Gasteiger partial charge in [0.15, 0.2) is 0 Å². The van der Waals surface area contributed by atoms with Crippen molar-refractivity contribution in [2.45, 2.75) is 20.0 Å². The van der Waals surface area contributed by atoms with Gasteiger partial charge in [-0.25, -0.2) is 9.78 Å². The lowest BCUT2D eigenvalue weighted by Crippen LogP contribution is -2.04. The molecule has 0 amide bonds. The summed E-state index contributed by atoms with van der Waals surface area (Å²) in [5.41, 5.74) is 4.15. The predicted octanol–water partition coefficient (Wildman–Crippen LogP) is 2.39. The van der Waals surface area contributed by atoms with E-state index >= 15 is 0 Å². The minimum absolute atomic E-state index is 0.384. The van der Waals surface area contributed by atoms with Crippen molar-refractivity contribution in [2.75, 3.05) is 13.7 Å². The van der Waals surface area contributed by atoms with Crippen LogP contribution in [-0.4, -0.2) is 29.7 Å². The number of ether oxygens (including phenoxy) is 2. The van der Waals surface area contributed by atoms with E-state index in [-0.39, 0.29) is 5.97 Å². The van der Waals surface area contributed by atoms with Crippen molar-refractivity contribution in [1.82, 2.24) is 9.97 Å². The number of esters is 1. The van der Waals surface area contributed by atoms with Crippen molar-refractivity contribution in [3.05, 3.63) is 45.7 Å². The van der Waals surface area contributed by atoms with Crippen molar-refractivity contribution in [2.24, 2.45) is 0 Å². The van der Waals surface area contributed by atoms with Crippen LogP contribution in [0, 0.1) is 6.92 Å². The molecule has 0 saturated heterocycles. The quantitative estimate of drug-likeness (QED) is 0.604. The maximum absolute atomic E-state index is 11.3. The number of carbonyl (C=O) groups excluding carboxylic acids is 1. The van der Waals surface area contributed by atoms with Crippen LogP contribution in [0.5, 0.6) is 0 Å². The van der Waals surface area contributed by atoms with E-state index in [0.717, 1.165) is 17.8 Å². The fraction of sp³-hybridized carbons (Fsp3) is 0.357. The van der Waals surface area contributed by atoms with Crippen LogP contribution in [0.3, 0.4) is 0 Å². The Hall–Kier alpha value is -1.79. The van der Waals surface area contributed by atoms with Gasteiger partial charge in [0.25, 0.3) is 0 Å². The lowest BCUT2D eigenvalue weighted by Gasteiger charge is -2.04. The molecule has 0 unspecified atom stereocenters. The van der Waals surface area contributed by atoms with Gasteiger partial charge in [0.1, 0.15) is 0 Å². The van der Waals surface area contributed by atoms with Crippen molar-refractivity contribution >= 4 is 17.3 Å². The third-order valence-corrected chi connectivity index (χ3v) is 3.81. The van der Waals surface area contributed by atoms with E-state index in [1.54, 1.807) is 23.5 Å². The van der Waals surface area contributed by atoms with Crippen molar-refractivity contribution < 1.29 is 14.3 Å². The zero-order chi connectivity index (χ0) is 14.4. The summed E-state index contributed by atoms with van der Waals surface area (Å²) >= 11 is 1.65. The molecule has 20 heavy (non-hydrogen) atoms. The topological polar surface area (TPSA) is 61.3 Å². The van der Waals surface area contributed by atoms with Gasteiger partial charge in [0.2, 0.25) is 0 Å². The number of hydrogen-bond donors (Lipinski definition) is 0. The Morgan fingerprint density at radius 2 is 2.20 bits per heavy atom. The molecule has 5 nitrogen and oxygen atoms in total. The molecule has 0 spiro atoms. The highest BCUT2D eigenvalue weighted by Crippen LogP contribution is 2.13. The van der Waals surface area contributed by atoms with E-state index in [1.807, 2.05) is 12.4 Å². The summed E-state index contributed by atoms with van der Waals surface area (Å²) in [6, 6.07) is 3.45. The van der Waals surface area contributed by atoms with Crippen LogP contribution in [0.1, 0.15) is 26.6 Å². The summed E-state index contributed by atoms with van der Waals surface area (Å²) in [6.07, 6.45) is 2.36. The van der Waals surface area contributed by atoms with Crippen LogP contribution in [0.25, 0.3) is 0 Å². The first-order chi connectivity index (χ1) is 9.70. The largest absolute Gasteiger partial charge is 0.465 e. The first-order valence-electron chi connectivity index (χ1n) is 6.20. The van der Waals surface area contributed by atoms with Crippen molar-refractivity contribution in [3.8, 4) is 0 Å². The smallest absolute Gasteiger partial charge is 0.339 e. The van der Waals surface area contributed by atoms with Crippen LogP contribution >= 0.6 is 11.3 Å². The zero-order valence-electron chi connectivity index (χ0n) is 11.5. The van der Waals surface area contributed by atoms with Gasteiger partial charge in [-0.3, -0.25) is 4.98 Å². The Morgan fingerprint density at radius 1 is 1.35 bits per heavy atom. The average molecular weight is 292 g/mol. The minimum atomic E-state index is -0.384. The van der Waals surface area contributed by atoms with Gasteiger partial charge in [0.05, 0.1) is 42.8 Å². The van der Waals surface area contributed by atoms with Gasteiger partial charge in [-0.15, -0.1) is 11.3 Å². The second kappa shape index (κ2) is 7.12. The molecule has 0 radical (unpaired) electrons. The Bertz CT molecular complexity index is 566. The second-order valence-electron chi connectivity index (χ2n) is 4.19. The summed E-state index contributed by atoms with van der Waals surface area (Å²) < 4.78 is 10.2. The average Bonchev–Trinajstić information content (AvgIpc) is 2.89. The van der Waals surface area contributed by atoms with Crippen LogP contribution < -0.4 is 0 Å². The third kappa shape index (κ3) is 3.85. The fourth-order valence-corrected chi connectivity index (χ4v) is 2.42. The van der Waals surface area contributed by atoms with Gasteiger partial charge in [-0.1, -0.05) is 0 Å². The zero-order valence-corrected chi connectivity index (χ0v) is 12.3. The van der Waals surface area contributed by atoms with Crippen LogP contribution in [0.4, 0.5) is 0 Å². The number of thiazole rings is 1. The highest BCUT2D eigenvalue weighted by Gasteiger charge is 2.06. The van der Waals surface area contributed by atoms with Crippen molar-refractivity contribution in [1.29, 1.82) is 0 Å². The molecule has 2 heterocycles. The molecule has 0 aliphatic carbocycles. The first kappa shape index (κ1) is 14.6. The fourth-order valence-electron chi connectivity index (χ4n) is 1.66. The maximum Gasteiger partial charge on any atom is 0.339 e. The summed E-state index contributed by atoms with van der Waals surface area (Å²) in [6.45, 7) is 3.06. The van der Waals surface area contributed by atoms with E-state index in [1.165, 1.54) is 18.2 Å². The molecule has 2 aromatic heterocycles. The Balaban J connectivity index is 1.77. The Kier molecular flexibility index (Phi) is 5.20. The second-order valence-corrected chi connectivity index (χ2v) is 5.13. The third-order valence-electron chi connectivity index (χ3n) is 2.81. The molecule has 0 atom stereocenters. The molecular formula is C14H16N2O3S. The molecule has 0 saturated carbocycles. The Morgan fingerprint density at radius 3 is 2.80 bits per heavy atom. The van der Waals surface area contributed by atoms with Gasteiger partial charge in [-0.05, 0) is 19.1 Å². The molecular weight excluding hydrogens is 276 g/mol. The number of methoxy groups -OCH3 is 1. The summed E-state index contributed by atoms with van der Waals surface area (Å²) in [4.78, 5) is 20.9. The normalized spacial score (nSPS) is 10.5. The molecule has 0 aromatic carbocycles. The summed E-state index contributed by atoms with van der Waals surface area (Å²) in [7, 11) is 1.35. The minimum Gasteiger partial charge on any atom is -0.465 e. The van der Waals surface area contributed by atoms with Gasteiger partial charge >= 0.3 is 5.97 Å². The lowest BCUT2D eigenvalue weighted by molar-refractivity contribution is 0.0600.